The summed E-state index contributed by atoms with van der Waals surface area (Å²) in [5, 5.41) is 12.5. The summed E-state index contributed by atoms with van der Waals surface area (Å²) in [6, 6.07) is 3.72. The molecular formula is C15H22N4OS. The molecule has 0 unspecified atom stereocenters. The van der Waals surface area contributed by atoms with E-state index in [2.05, 4.69) is 36.3 Å². The van der Waals surface area contributed by atoms with E-state index in [9.17, 15) is 0 Å². The Morgan fingerprint density at radius 1 is 1.29 bits per heavy atom. The number of ether oxygens (including phenoxy) is 1. The minimum absolute atomic E-state index is 0.519. The summed E-state index contributed by atoms with van der Waals surface area (Å²) >= 11 is 1.69. The zero-order valence-corrected chi connectivity index (χ0v) is 13.8. The van der Waals surface area contributed by atoms with Crippen LogP contribution >= 0.6 is 11.3 Å². The van der Waals surface area contributed by atoms with Crippen molar-refractivity contribution in [3.05, 3.63) is 22.7 Å². The molecule has 0 saturated carbocycles. The Balaban J connectivity index is 2.27. The molecule has 2 rings (SSSR count). The molecule has 0 aliphatic rings. The van der Waals surface area contributed by atoms with Crippen molar-refractivity contribution in [2.75, 3.05) is 13.7 Å². The molecule has 0 radical (unpaired) electrons. The van der Waals surface area contributed by atoms with Gasteiger partial charge in [-0.05, 0) is 24.9 Å². The molecule has 0 atom stereocenters. The fraction of sp³-hybridized carbons (Fsp3) is 0.533. The molecule has 2 heterocycles. The SMILES string of the molecule is CCNCc1sc(-c2ccc(OC)nn2)nc1CC(C)C. The van der Waals surface area contributed by atoms with Gasteiger partial charge in [0.15, 0.2) is 0 Å². The van der Waals surface area contributed by atoms with E-state index >= 15 is 0 Å². The molecule has 6 heteroatoms. The summed E-state index contributed by atoms with van der Waals surface area (Å²) < 4.78 is 5.04. The Morgan fingerprint density at radius 3 is 2.67 bits per heavy atom. The summed E-state index contributed by atoms with van der Waals surface area (Å²) in [4.78, 5) is 6.05. The van der Waals surface area contributed by atoms with Gasteiger partial charge in [-0.1, -0.05) is 20.8 Å². The van der Waals surface area contributed by atoms with Gasteiger partial charge in [-0.25, -0.2) is 4.98 Å². The fourth-order valence-corrected chi connectivity index (χ4v) is 2.98. The molecule has 2 aromatic rings. The van der Waals surface area contributed by atoms with Crippen LogP contribution in [0.15, 0.2) is 12.1 Å². The maximum absolute atomic E-state index is 5.04. The van der Waals surface area contributed by atoms with Crippen LogP contribution in [0.25, 0.3) is 10.7 Å². The highest BCUT2D eigenvalue weighted by molar-refractivity contribution is 7.15. The normalized spacial score (nSPS) is 11.1. The number of thiazole rings is 1. The van der Waals surface area contributed by atoms with Crippen molar-refractivity contribution in [1.29, 1.82) is 0 Å². The van der Waals surface area contributed by atoms with Crippen molar-refractivity contribution in [2.45, 2.75) is 33.7 Å². The Bertz CT molecular complexity index is 566. The van der Waals surface area contributed by atoms with E-state index in [-0.39, 0.29) is 0 Å². The average molecular weight is 306 g/mol. The first-order chi connectivity index (χ1) is 10.1. The van der Waals surface area contributed by atoms with E-state index in [0.717, 1.165) is 30.2 Å². The van der Waals surface area contributed by atoms with E-state index in [1.54, 1.807) is 18.4 Å². The summed E-state index contributed by atoms with van der Waals surface area (Å²) in [6.45, 7) is 8.35. The highest BCUT2D eigenvalue weighted by Crippen LogP contribution is 2.28. The van der Waals surface area contributed by atoms with Gasteiger partial charge < -0.3 is 10.1 Å². The van der Waals surface area contributed by atoms with E-state index in [1.807, 2.05) is 12.1 Å². The van der Waals surface area contributed by atoms with E-state index in [1.165, 1.54) is 10.6 Å². The summed E-state index contributed by atoms with van der Waals surface area (Å²) in [7, 11) is 1.59. The monoisotopic (exact) mass is 306 g/mol. The molecular weight excluding hydrogens is 284 g/mol. The zero-order valence-electron chi connectivity index (χ0n) is 13.0. The molecule has 5 nitrogen and oxygen atoms in total. The average Bonchev–Trinajstić information content (AvgIpc) is 2.87. The number of methoxy groups -OCH3 is 1. The molecule has 1 N–H and O–H groups in total. The molecule has 0 bridgehead atoms. The molecule has 114 valence electrons. The predicted octanol–water partition coefficient (Wildman–Crippen LogP) is 2.92. The van der Waals surface area contributed by atoms with Gasteiger partial charge in [0.25, 0.3) is 0 Å². The highest BCUT2D eigenvalue weighted by Gasteiger charge is 2.14. The number of hydrogen-bond acceptors (Lipinski definition) is 6. The molecule has 0 saturated heterocycles. The van der Waals surface area contributed by atoms with Crippen LogP contribution < -0.4 is 10.1 Å². The van der Waals surface area contributed by atoms with Crippen LogP contribution in [0.2, 0.25) is 0 Å². The second-order valence-corrected chi connectivity index (χ2v) is 6.31. The third-order valence-corrected chi connectivity index (χ3v) is 4.10. The lowest BCUT2D eigenvalue weighted by molar-refractivity contribution is 0.392. The second kappa shape index (κ2) is 7.47. The highest BCUT2D eigenvalue weighted by atomic mass is 32.1. The molecule has 0 amide bonds. The van der Waals surface area contributed by atoms with Crippen LogP contribution in [0.4, 0.5) is 0 Å². The third kappa shape index (κ3) is 4.22. The van der Waals surface area contributed by atoms with Gasteiger partial charge >= 0.3 is 0 Å². The lowest BCUT2D eigenvalue weighted by atomic mass is 10.1. The van der Waals surface area contributed by atoms with Crippen LogP contribution in [0.1, 0.15) is 31.3 Å². The summed E-state index contributed by atoms with van der Waals surface area (Å²) in [6.07, 6.45) is 0.987. The first kappa shape index (κ1) is 15.9. The van der Waals surface area contributed by atoms with Crippen molar-refractivity contribution < 1.29 is 4.74 Å². The smallest absolute Gasteiger partial charge is 0.233 e. The number of nitrogens with one attached hydrogen (secondary N) is 1. The fourth-order valence-electron chi connectivity index (χ4n) is 1.96. The molecule has 21 heavy (non-hydrogen) atoms. The summed E-state index contributed by atoms with van der Waals surface area (Å²) in [5.41, 5.74) is 1.97. The van der Waals surface area contributed by atoms with Gasteiger partial charge in [-0.15, -0.1) is 21.5 Å². The van der Waals surface area contributed by atoms with E-state index < -0.39 is 0 Å². The third-order valence-electron chi connectivity index (χ3n) is 2.98. The van der Waals surface area contributed by atoms with E-state index in [4.69, 9.17) is 9.72 Å². The number of nitrogens with zero attached hydrogens (tertiary/aromatic N) is 3. The van der Waals surface area contributed by atoms with Gasteiger partial charge in [0.1, 0.15) is 10.7 Å². The Morgan fingerprint density at radius 2 is 2.10 bits per heavy atom. The van der Waals surface area contributed by atoms with Crippen LogP contribution in [-0.2, 0) is 13.0 Å². The van der Waals surface area contributed by atoms with Crippen molar-refractivity contribution >= 4 is 11.3 Å². The maximum atomic E-state index is 5.04. The van der Waals surface area contributed by atoms with Gasteiger partial charge in [0.2, 0.25) is 5.88 Å². The largest absolute Gasteiger partial charge is 0.480 e. The molecule has 0 aliphatic carbocycles. The van der Waals surface area contributed by atoms with Crippen molar-refractivity contribution in [3.63, 3.8) is 0 Å². The molecule has 0 aliphatic heterocycles. The van der Waals surface area contributed by atoms with Gasteiger partial charge in [0.05, 0.1) is 12.8 Å². The second-order valence-electron chi connectivity index (χ2n) is 5.23. The van der Waals surface area contributed by atoms with Crippen molar-refractivity contribution in [3.8, 4) is 16.6 Å². The van der Waals surface area contributed by atoms with Gasteiger partial charge in [0, 0.05) is 17.5 Å². The van der Waals surface area contributed by atoms with Crippen LogP contribution in [0.5, 0.6) is 5.88 Å². The molecule has 0 spiro atoms. The predicted molar refractivity (Wildman–Crippen MR) is 85.6 cm³/mol. The Hall–Kier alpha value is -1.53. The quantitative estimate of drug-likeness (QED) is 0.852. The van der Waals surface area contributed by atoms with Crippen molar-refractivity contribution in [2.24, 2.45) is 5.92 Å². The zero-order chi connectivity index (χ0) is 15.2. The molecule has 0 fully saturated rings. The Kier molecular flexibility index (Phi) is 5.64. The van der Waals surface area contributed by atoms with Crippen LogP contribution in [0, 0.1) is 5.92 Å². The lowest BCUT2D eigenvalue weighted by Gasteiger charge is -2.04. The minimum atomic E-state index is 0.519. The van der Waals surface area contributed by atoms with Crippen LogP contribution in [0.3, 0.4) is 0 Å². The first-order valence-corrected chi connectivity index (χ1v) is 8.03. The first-order valence-electron chi connectivity index (χ1n) is 7.21. The standard InChI is InChI=1S/C15H22N4OS/c1-5-16-9-13-12(8-10(2)3)17-15(21-13)11-6-7-14(20-4)19-18-11/h6-7,10,16H,5,8-9H2,1-4H3. The number of hydrogen-bond donors (Lipinski definition) is 1. The number of aromatic nitrogens is 3. The van der Waals surface area contributed by atoms with Gasteiger partial charge in [-0.3, -0.25) is 0 Å². The lowest BCUT2D eigenvalue weighted by Crippen LogP contribution is -2.12. The Labute approximate surface area is 129 Å². The van der Waals surface area contributed by atoms with Crippen LogP contribution in [-0.4, -0.2) is 28.8 Å². The minimum Gasteiger partial charge on any atom is -0.480 e. The van der Waals surface area contributed by atoms with Gasteiger partial charge in [-0.2, -0.15) is 0 Å². The number of rotatable bonds is 7. The topological polar surface area (TPSA) is 59.9 Å². The van der Waals surface area contributed by atoms with Crippen molar-refractivity contribution in [1.82, 2.24) is 20.5 Å². The maximum Gasteiger partial charge on any atom is 0.233 e. The molecule has 2 aromatic heterocycles. The summed E-state index contributed by atoms with van der Waals surface area (Å²) in [5.74, 6) is 1.10. The molecule has 0 aromatic carbocycles. The van der Waals surface area contributed by atoms with E-state index in [0.29, 0.717) is 11.8 Å².